The standard InChI is InChI=1S/C9H18N2O4/c10-1-3-13-4-2-11-9(12)8-7-14-5-6-15-8/h8H,1-7,10H2,(H,11,12). The fourth-order valence-electron chi connectivity index (χ4n) is 1.18. The van der Waals surface area contributed by atoms with Crippen LogP contribution in [0.3, 0.4) is 0 Å². The van der Waals surface area contributed by atoms with E-state index in [2.05, 4.69) is 5.32 Å². The second-order valence-electron chi connectivity index (χ2n) is 3.13. The first-order valence-corrected chi connectivity index (χ1v) is 5.09. The smallest absolute Gasteiger partial charge is 0.251 e. The quantitative estimate of drug-likeness (QED) is 0.530. The Labute approximate surface area is 89.0 Å². The van der Waals surface area contributed by atoms with Gasteiger partial charge in [0.05, 0.1) is 33.0 Å². The molecule has 0 aromatic heterocycles. The summed E-state index contributed by atoms with van der Waals surface area (Å²) in [6.45, 7) is 3.31. The predicted molar refractivity (Wildman–Crippen MR) is 53.4 cm³/mol. The van der Waals surface area contributed by atoms with Gasteiger partial charge in [-0.25, -0.2) is 0 Å². The van der Waals surface area contributed by atoms with E-state index >= 15 is 0 Å². The molecule has 0 aliphatic carbocycles. The number of hydrogen-bond donors (Lipinski definition) is 2. The van der Waals surface area contributed by atoms with Crippen molar-refractivity contribution in [2.45, 2.75) is 6.10 Å². The molecule has 0 saturated carbocycles. The van der Waals surface area contributed by atoms with E-state index in [4.69, 9.17) is 19.9 Å². The van der Waals surface area contributed by atoms with Gasteiger partial charge in [-0.2, -0.15) is 0 Å². The van der Waals surface area contributed by atoms with Gasteiger partial charge in [0.15, 0.2) is 6.10 Å². The van der Waals surface area contributed by atoms with Crippen molar-refractivity contribution < 1.29 is 19.0 Å². The Bertz CT molecular complexity index is 183. The van der Waals surface area contributed by atoms with E-state index in [1.165, 1.54) is 0 Å². The van der Waals surface area contributed by atoms with Crippen molar-refractivity contribution in [1.82, 2.24) is 5.32 Å². The monoisotopic (exact) mass is 218 g/mol. The Balaban J connectivity index is 2.02. The van der Waals surface area contributed by atoms with Crippen LogP contribution in [0.4, 0.5) is 0 Å². The molecule has 0 aromatic carbocycles. The van der Waals surface area contributed by atoms with E-state index in [-0.39, 0.29) is 5.91 Å². The first kappa shape index (κ1) is 12.4. The van der Waals surface area contributed by atoms with E-state index in [1.807, 2.05) is 0 Å². The second-order valence-corrected chi connectivity index (χ2v) is 3.13. The van der Waals surface area contributed by atoms with Crippen LogP contribution < -0.4 is 11.1 Å². The SMILES string of the molecule is NCCOCCNC(=O)C1COCCO1. The van der Waals surface area contributed by atoms with Crippen molar-refractivity contribution in [2.24, 2.45) is 5.73 Å². The Kier molecular flexibility index (Phi) is 6.26. The number of nitrogens with one attached hydrogen (secondary N) is 1. The fraction of sp³-hybridized carbons (Fsp3) is 0.889. The van der Waals surface area contributed by atoms with Gasteiger partial charge in [0.1, 0.15) is 0 Å². The summed E-state index contributed by atoms with van der Waals surface area (Å²) in [5, 5.41) is 2.70. The van der Waals surface area contributed by atoms with Crippen LogP contribution in [0, 0.1) is 0 Å². The molecule has 6 nitrogen and oxygen atoms in total. The number of nitrogens with two attached hydrogens (primary N) is 1. The summed E-state index contributed by atoms with van der Waals surface area (Å²) >= 11 is 0. The van der Waals surface area contributed by atoms with Gasteiger partial charge in [0.2, 0.25) is 0 Å². The maximum atomic E-state index is 11.4. The van der Waals surface area contributed by atoms with Crippen LogP contribution in [0.15, 0.2) is 0 Å². The van der Waals surface area contributed by atoms with Crippen molar-refractivity contribution in [3.63, 3.8) is 0 Å². The molecule has 15 heavy (non-hydrogen) atoms. The number of carbonyl (C=O) groups is 1. The molecule has 1 amide bonds. The number of amides is 1. The molecule has 1 rings (SSSR count). The maximum absolute atomic E-state index is 11.4. The zero-order valence-corrected chi connectivity index (χ0v) is 8.74. The van der Waals surface area contributed by atoms with Gasteiger partial charge in [-0.05, 0) is 0 Å². The van der Waals surface area contributed by atoms with Crippen molar-refractivity contribution in [2.75, 3.05) is 46.1 Å². The molecular formula is C9H18N2O4. The van der Waals surface area contributed by atoms with Crippen LogP contribution in [-0.2, 0) is 19.0 Å². The van der Waals surface area contributed by atoms with E-state index < -0.39 is 6.10 Å². The average Bonchev–Trinajstić information content (AvgIpc) is 2.30. The summed E-state index contributed by atoms with van der Waals surface area (Å²) in [6, 6.07) is 0. The number of rotatable bonds is 6. The van der Waals surface area contributed by atoms with Crippen molar-refractivity contribution in [3.8, 4) is 0 Å². The zero-order chi connectivity index (χ0) is 10.9. The van der Waals surface area contributed by atoms with Gasteiger partial charge in [-0.1, -0.05) is 0 Å². The maximum Gasteiger partial charge on any atom is 0.251 e. The van der Waals surface area contributed by atoms with Gasteiger partial charge in [-0.3, -0.25) is 4.79 Å². The van der Waals surface area contributed by atoms with Crippen molar-refractivity contribution in [3.05, 3.63) is 0 Å². The third-order valence-electron chi connectivity index (χ3n) is 1.92. The minimum Gasteiger partial charge on any atom is -0.378 e. The Hall–Kier alpha value is -0.690. The Morgan fingerprint density at radius 2 is 2.33 bits per heavy atom. The lowest BCUT2D eigenvalue weighted by atomic mass is 10.3. The highest BCUT2D eigenvalue weighted by atomic mass is 16.6. The zero-order valence-electron chi connectivity index (χ0n) is 8.74. The molecule has 1 aliphatic rings. The third kappa shape index (κ3) is 5.08. The summed E-state index contributed by atoms with van der Waals surface area (Å²) in [5.74, 6) is -0.147. The molecule has 1 atom stereocenters. The number of ether oxygens (including phenoxy) is 3. The minimum atomic E-state index is -0.478. The molecule has 0 radical (unpaired) electrons. The van der Waals surface area contributed by atoms with Crippen LogP contribution in [0.1, 0.15) is 0 Å². The highest BCUT2D eigenvalue weighted by Gasteiger charge is 2.21. The van der Waals surface area contributed by atoms with Gasteiger partial charge in [0, 0.05) is 13.1 Å². The van der Waals surface area contributed by atoms with Crippen molar-refractivity contribution >= 4 is 5.91 Å². The lowest BCUT2D eigenvalue weighted by Gasteiger charge is -2.21. The predicted octanol–water partition coefficient (Wildman–Crippen LogP) is -1.51. The Morgan fingerprint density at radius 3 is 3.00 bits per heavy atom. The first-order chi connectivity index (χ1) is 7.34. The van der Waals surface area contributed by atoms with Crippen LogP contribution in [0.5, 0.6) is 0 Å². The van der Waals surface area contributed by atoms with E-state index in [9.17, 15) is 4.79 Å². The summed E-state index contributed by atoms with van der Waals surface area (Å²) in [6.07, 6.45) is -0.478. The lowest BCUT2D eigenvalue weighted by molar-refractivity contribution is -0.147. The highest BCUT2D eigenvalue weighted by Crippen LogP contribution is 1.99. The third-order valence-corrected chi connectivity index (χ3v) is 1.92. The second kappa shape index (κ2) is 7.58. The molecular weight excluding hydrogens is 200 g/mol. The molecule has 1 heterocycles. The van der Waals surface area contributed by atoms with Gasteiger partial charge in [0.25, 0.3) is 5.91 Å². The molecule has 1 aliphatic heterocycles. The molecule has 0 bridgehead atoms. The largest absolute Gasteiger partial charge is 0.378 e. The summed E-state index contributed by atoms with van der Waals surface area (Å²) in [7, 11) is 0. The van der Waals surface area contributed by atoms with Crippen LogP contribution in [0.2, 0.25) is 0 Å². The van der Waals surface area contributed by atoms with Gasteiger partial charge < -0.3 is 25.3 Å². The molecule has 3 N–H and O–H groups in total. The number of hydrogen-bond acceptors (Lipinski definition) is 5. The normalized spacial score (nSPS) is 21.3. The minimum absolute atomic E-state index is 0.147. The first-order valence-electron chi connectivity index (χ1n) is 5.09. The average molecular weight is 218 g/mol. The summed E-state index contributed by atoms with van der Waals surface area (Å²) < 4.78 is 15.4. The molecule has 0 aromatic rings. The topological polar surface area (TPSA) is 82.8 Å². The lowest BCUT2D eigenvalue weighted by Crippen LogP contribution is -2.43. The number of carbonyl (C=O) groups excluding carboxylic acids is 1. The van der Waals surface area contributed by atoms with E-state index in [0.717, 1.165) is 0 Å². The molecule has 0 spiro atoms. The van der Waals surface area contributed by atoms with Crippen LogP contribution in [-0.4, -0.2) is 58.1 Å². The fourth-order valence-corrected chi connectivity index (χ4v) is 1.18. The molecule has 1 unspecified atom stereocenters. The summed E-state index contributed by atoms with van der Waals surface area (Å²) in [4.78, 5) is 11.4. The van der Waals surface area contributed by atoms with E-state index in [0.29, 0.717) is 46.1 Å². The van der Waals surface area contributed by atoms with Gasteiger partial charge in [-0.15, -0.1) is 0 Å². The molecule has 6 heteroatoms. The molecule has 1 fully saturated rings. The summed E-state index contributed by atoms with van der Waals surface area (Å²) in [5.41, 5.74) is 5.24. The molecule has 1 saturated heterocycles. The van der Waals surface area contributed by atoms with Gasteiger partial charge >= 0.3 is 0 Å². The highest BCUT2D eigenvalue weighted by molar-refractivity contribution is 5.80. The van der Waals surface area contributed by atoms with Crippen molar-refractivity contribution in [1.29, 1.82) is 0 Å². The van der Waals surface area contributed by atoms with Crippen LogP contribution >= 0.6 is 0 Å². The van der Waals surface area contributed by atoms with Crippen LogP contribution in [0.25, 0.3) is 0 Å². The Morgan fingerprint density at radius 1 is 1.47 bits per heavy atom. The molecule has 88 valence electrons. The van der Waals surface area contributed by atoms with E-state index in [1.54, 1.807) is 0 Å².